The third-order valence-electron chi connectivity index (χ3n) is 2.52. The first-order valence-corrected chi connectivity index (χ1v) is 5.51. The van der Waals surface area contributed by atoms with Gasteiger partial charge in [-0.3, -0.25) is 9.59 Å². The van der Waals surface area contributed by atoms with E-state index in [0.29, 0.717) is 17.7 Å². The van der Waals surface area contributed by atoms with E-state index in [9.17, 15) is 9.59 Å². The second-order valence-electron chi connectivity index (χ2n) is 3.63. The van der Waals surface area contributed by atoms with Crippen molar-refractivity contribution in [2.75, 3.05) is 12.4 Å². The Morgan fingerprint density at radius 3 is 2.67 bits per heavy atom. The zero-order valence-electron chi connectivity index (χ0n) is 10.3. The summed E-state index contributed by atoms with van der Waals surface area (Å²) in [5.41, 5.74) is 0.748. The maximum absolute atomic E-state index is 11.9. The number of rotatable bonds is 4. The summed E-state index contributed by atoms with van der Waals surface area (Å²) in [7, 11) is 1.24. The molecule has 1 unspecified atom stereocenters. The van der Waals surface area contributed by atoms with E-state index >= 15 is 0 Å². The minimum absolute atomic E-state index is 0.341. The van der Waals surface area contributed by atoms with Gasteiger partial charge < -0.3 is 10.1 Å². The molecule has 0 fully saturated rings. The third-order valence-corrected chi connectivity index (χ3v) is 2.52. The number of esters is 1. The van der Waals surface area contributed by atoms with Gasteiger partial charge in [0.15, 0.2) is 0 Å². The molecule has 5 heteroatoms. The van der Waals surface area contributed by atoms with Crippen molar-refractivity contribution in [3.8, 4) is 6.07 Å². The van der Waals surface area contributed by atoms with Crippen molar-refractivity contribution in [1.82, 2.24) is 0 Å². The summed E-state index contributed by atoms with van der Waals surface area (Å²) in [6.07, 6.45) is 0.341. The zero-order valence-corrected chi connectivity index (χ0v) is 10.3. The summed E-state index contributed by atoms with van der Waals surface area (Å²) in [6.45, 7) is 1.72. The number of anilines is 1. The molecule has 0 aliphatic carbocycles. The Balaban J connectivity index is 2.87. The molecule has 1 aromatic carbocycles. The first-order chi connectivity index (χ1) is 8.63. The molecule has 1 rings (SSSR count). The third kappa shape index (κ3) is 3.08. The van der Waals surface area contributed by atoms with Gasteiger partial charge in [-0.25, -0.2) is 0 Å². The number of methoxy groups -OCH3 is 1. The van der Waals surface area contributed by atoms with Crippen LogP contribution in [0.3, 0.4) is 0 Å². The van der Waals surface area contributed by atoms with E-state index in [1.165, 1.54) is 7.11 Å². The normalized spacial score (nSPS) is 11.2. The van der Waals surface area contributed by atoms with Crippen LogP contribution in [-0.4, -0.2) is 19.0 Å². The number of hydrogen-bond donors (Lipinski definition) is 1. The SMILES string of the molecule is CCC(C(=O)Nc1ccccc1C#N)C(=O)OC. The summed E-state index contributed by atoms with van der Waals surface area (Å²) < 4.78 is 4.55. The number of nitrogens with zero attached hydrogens (tertiary/aromatic N) is 1. The predicted octanol–water partition coefficient (Wildman–Crippen LogP) is 1.70. The molecule has 1 atom stereocenters. The molecule has 18 heavy (non-hydrogen) atoms. The van der Waals surface area contributed by atoms with E-state index < -0.39 is 17.8 Å². The Morgan fingerprint density at radius 1 is 1.44 bits per heavy atom. The summed E-state index contributed by atoms with van der Waals surface area (Å²) in [6, 6.07) is 8.58. The monoisotopic (exact) mass is 246 g/mol. The largest absolute Gasteiger partial charge is 0.468 e. The van der Waals surface area contributed by atoms with Crippen molar-refractivity contribution in [2.24, 2.45) is 5.92 Å². The van der Waals surface area contributed by atoms with Crippen LogP contribution in [0.5, 0.6) is 0 Å². The molecule has 1 aromatic rings. The molecule has 0 aliphatic rings. The van der Waals surface area contributed by atoms with Gasteiger partial charge >= 0.3 is 5.97 Å². The van der Waals surface area contributed by atoms with Crippen LogP contribution in [0.15, 0.2) is 24.3 Å². The van der Waals surface area contributed by atoms with Gasteiger partial charge in [0.05, 0.1) is 18.4 Å². The van der Waals surface area contributed by atoms with Crippen molar-refractivity contribution in [1.29, 1.82) is 5.26 Å². The molecule has 0 spiro atoms. The number of hydrogen-bond acceptors (Lipinski definition) is 4. The van der Waals surface area contributed by atoms with Crippen molar-refractivity contribution in [3.63, 3.8) is 0 Å². The van der Waals surface area contributed by atoms with Crippen LogP contribution >= 0.6 is 0 Å². The minimum atomic E-state index is -0.859. The molecule has 0 aliphatic heterocycles. The van der Waals surface area contributed by atoms with E-state index in [2.05, 4.69) is 10.1 Å². The average Bonchev–Trinajstić information content (AvgIpc) is 2.39. The number of nitrogens with one attached hydrogen (secondary N) is 1. The minimum Gasteiger partial charge on any atom is -0.468 e. The first-order valence-electron chi connectivity index (χ1n) is 5.51. The number of amides is 1. The maximum Gasteiger partial charge on any atom is 0.318 e. The quantitative estimate of drug-likeness (QED) is 0.647. The number of nitriles is 1. The maximum atomic E-state index is 11.9. The lowest BCUT2D eigenvalue weighted by Gasteiger charge is -2.13. The van der Waals surface area contributed by atoms with Gasteiger partial charge in [0.2, 0.25) is 5.91 Å². The highest BCUT2D eigenvalue weighted by Crippen LogP contribution is 2.16. The van der Waals surface area contributed by atoms with Gasteiger partial charge in [0.1, 0.15) is 12.0 Å². The molecule has 0 aromatic heterocycles. The smallest absolute Gasteiger partial charge is 0.318 e. The Labute approximate surface area is 105 Å². The topological polar surface area (TPSA) is 79.2 Å². The summed E-state index contributed by atoms with van der Waals surface area (Å²) in [5, 5.41) is 11.5. The number of carbonyl (C=O) groups is 2. The van der Waals surface area contributed by atoms with E-state index in [4.69, 9.17) is 5.26 Å². The Bertz CT molecular complexity index is 491. The molecular weight excluding hydrogens is 232 g/mol. The number of para-hydroxylation sites is 1. The average molecular weight is 246 g/mol. The molecule has 94 valence electrons. The molecule has 0 bridgehead atoms. The number of carbonyl (C=O) groups excluding carboxylic acids is 2. The molecule has 1 amide bonds. The number of benzene rings is 1. The van der Waals surface area contributed by atoms with E-state index in [0.717, 1.165) is 0 Å². The Hall–Kier alpha value is -2.35. The first kappa shape index (κ1) is 13.7. The van der Waals surface area contributed by atoms with E-state index in [-0.39, 0.29) is 0 Å². The highest BCUT2D eigenvalue weighted by atomic mass is 16.5. The van der Waals surface area contributed by atoms with E-state index in [1.54, 1.807) is 31.2 Å². The van der Waals surface area contributed by atoms with Crippen molar-refractivity contribution >= 4 is 17.6 Å². The van der Waals surface area contributed by atoms with Crippen LogP contribution in [0.1, 0.15) is 18.9 Å². The summed E-state index contributed by atoms with van der Waals surface area (Å²) in [5.74, 6) is -1.90. The highest BCUT2D eigenvalue weighted by molar-refractivity contribution is 6.05. The fourth-order valence-corrected chi connectivity index (χ4v) is 1.51. The van der Waals surface area contributed by atoms with Crippen LogP contribution in [0.25, 0.3) is 0 Å². The van der Waals surface area contributed by atoms with Crippen molar-refractivity contribution < 1.29 is 14.3 Å². The molecule has 0 saturated carbocycles. The highest BCUT2D eigenvalue weighted by Gasteiger charge is 2.25. The lowest BCUT2D eigenvalue weighted by Crippen LogP contribution is -2.30. The van der Waals surface area contributed by atoms with Gasteiger partial charge in [0, 0.05) is 0 Å². The van der Waals surface area contributed by atoms with Gasteiger partial charge in [-0.2, -0.15) is 5.26 Å². The standard InChI is InChI=1S/C13H14N2O3/c1-3-10(13(17)18-2)12(16)15-11-7-5-4-6-9(11)8-14/h4-7,10H,3H2,1-2H3,(H,15,16). The Kier molecular flexibility index (Phi) is 4.88. The van der Waals surface area contributed by atoms with Gasteiger partial charge in [-0.05, 0) is 18.6 Å². The molecule has 0 saturated heterocycles. The fourth-order valence-electron chi connectivity index (χ4n) is 1.51. The molecule has 1 N–H and O–H groups in total. The lowest BCUT2D eigenvalue weighted by atomic mass is 10.1. The Morgan fingerprint density at radius 2 is 2.11 bits per heavy atom. The fraction of sp³-hybridized carbons (Fsp3) is 0.308. The second kappa shape index (κ2) is 6.40. The van der Waals surface area contributed by atoms with Crippen LogP contribution in [0, 0.1) is 17.2 Å². The summed E-state index contributed by atoms with van der Waals surface area (Å²) in [4.78, 5) is 23.3. The zero-order chi connectivity index (χ0) is 13.5. The molecular formula is C13H14N2O3. The molecule has 5 nitrogen and oxygen atoms in total. The lowest BCUT2D eigenvalue weighted by molar-refractivity contribution is -0.148. The van der Waals surface area contributed by atoms with Crippen LogP contribution in [-0.2, 0) is 14.3 Å². The van der Waals surface area contributed by atoms with Crippen molar-refractivity contribution in [2.45, 2.75) is 13.3 Å². The van der Waals surface area contributed by atoms with E-state index in [1.807, 2.05) is 6.07 Å². The van der Waals surface area contributed by atoms with Gasteiger partial charge in [0.25, 0.3) is 0 Å². The predicted molar refractivity (Wildman–Crippen MR) is 65.6 cm³/mol. The summed E-state index contributed by atoms with van der Waals surface area (Å²) >= 11 is 0. The van der Waals surface area contributed by atoms with Gasteiger partial charge in [-0.1, -0.05) is 19.1 Å². The molecule has 0 heterocycles. The van der Waals surface area contributed by atoms with Gasteiger partial charge in [-0.15, -0.1) is 0 Å². The second-order valence-corrected chi connectivity index (χ2v) is 3.63. The number of ether oxygens (including phenoxy) is 1. The van der Waals surface area contributed by atoms with Crippen molar-refractivity contribution in [3.05, 3.63) is 29.8 Å². The van der Waals surface area contributed by atoms with Crippen LogP contribution in [0.2, 0.25) is 0 Å². The van der Waals surface area contributed by atoms with Crippen LogP contribution in [0.4, 0.5) is 5.69 Å². The van der Waals surface area contributed by atoms with Crippen LogP contribution < -0.4 is 5.32 Å². The molecule has 0 radical (unpaired) electrons.